The number of Topliss-reactive ketones (excluding diaryl/α,β-unsaturated/α-hetero) is 1. The van der Waals surface area contributed by atoms with Crippen LogP contribution >= 0.6 is 0 Å². The molecule has 1 aliphatic rings. The SMILES string of the molecule is O=C(C=Cc1ccc(F)cc1)C1=CC=CCC1=O. The highest BCUT2D eigenvalue weighted by Crippen LogP contribution is 2.11. The third-order valence-electron chi connectivity index (χ3n) is 2.57. The molecule has 0 fully saturated rings. The number of hydrogen-bond acceptors (Lipinski definition) is 2. The molecular weight excluding hydrogens is 231 g/mol. The first-order valence-corrected chi connectivity index (χ1v) is 5.55. The zero-order valence-corrected chi connectivity index (χ0v) is 9.60. The van der Waals surface area contributed by atoms with Crippen molar-refractivity contribution in [3.05, 3.63) is 65.5 Å². The second-order valence-corrected chi connectivity index (χ2v) is 3.88. The van der Waals surface area contributed by atoms with Crippen molar-refractivity contribution < 1.29 is 14.0 Å². The predicted molar refractivity (Wildman–Crippen MR) is 67.3 cm³/mol. The average Bonchev–Trinajstić information content (AvgIpc) is 2.38. The largest absolute Gasteiger partial charge is 0.294 e. The van der Waals surface area contributed by atoms with Gasteiger partial charge in [-0.1, -0.05) is 30.4 Å². The standard InChI is InChI=1S/C15H11FO2/c16-12-8-5-11(6-9-12)7-10-15(18)13-3-1-2-4-14(13)17/h1-3,5-10H,4H2. The lowest BCUT2D eigenvalue weighted by Gasteiger charge is -2.03. The van der Waals surface area contributed by atoms with Gasteiger partial charge in [0.25, 0.3) is 0 Å². The summed E-state index contributed by atoms with van der Waals surface area (Å²) in [7, 11) is 0. The predicted octanol–water partition coefficient (Wildman–Crippen LogP) is 2.86. The molecule has 1 aromatic rings. The maximum Gasteiger partial charge on any atom is 0.189 e. The minimum atomic E-state index is -0.325. The number of carbonyl (C=O) groups is 2. The van der Waals surface area contributed by atoms with Gasteiger partial charge in [-0.25, -0.2) is 4.39 Å². The van der Waals surface area contributed by atoms with E-state index in [1.807, 2.05) is 0 Å². The van der Waals surface area contributed by atoms with Gasteiger partial charge < -0.3 is 0 Å². The minimum Gasteiger partial charge on any atom is -0.294 e. The molecule has 2 rings (SSSR count). The molecule has 0 spiro atoms. The van der Waals surface area contributed by atoms with E-state index < -0.39 is 0 Å². The molecule has 0 saturated carbocycles. The molecule has 18 heavy (non-hydrogen) atoms. The van der Waals surface area contributed by atoms with Crippen molar-refractivity contribution in [3.63, 3.8) is 0 Å². The molecule has 0 radical (unpaired) electrons. The maximum atomic E-state index is 12.7. The van der Waals surface area contributed by atoms with E-state index in [1.54, 1.807) is 30.4 Å². The van der Waals surface area contributed by atoms with Crippen LogP contribution in [0.4, 0.5) is 4.39 Å². The van der Waals surface area contributed by atoms with Crippen molar-refractivity contribution in [1.82, 2.24) is 0 Å². The van der Waals surface area contributed by atoms with E-state index in [9.17, 15) is 14.0 Å². The highest BCUT2D eigenvalue weighted by atomic mass is 19.1. The van der Waals surface area contributed by atoms with E-state index in [1.165, 1.54) is 24.3 Å². The van der Waals surface area contributed by atoms with Gasteiger partial charge in [0.15, 0.2) is 11.6 Å². The highest BCUT2D eigenvalue weighted by Gasteiger charge is 2.15. The molecule has 2 nitrogen and oxygen atoms in total. The highest BCUT2D eigenvalue weighted by molar-refractivity contribution is 6.25. The summed E-state index contributed by atoms with van der Waals surface area (Å²) in [5.41, 5.74) is 0.903. The Hall–Kier alpha value is -2.29. The van der Waals surface area contributed by atoms with Crippen LogP contribution in [0.1, 0.15) is 12.0 Å². The van der Waals surface area contributed by atoms with E-state index >= 15 is 0 Å². The van der Waals surface area contributed by atoms with Crippen LogP contribution in [0.2, 0.25) is 0 Å². The van der Waals surface area contributed by atoms with Gasteiger partial charge in [-0.05, 0) is 29.8 Å². The first-order valence-electron chi connectivity index (χ1n) is 5.55. The zero-order chi connectivity index (χ0) is 13.0. The lowest BCUT2D eigenvalue weighted by Crippen LogP contribution is -2.11. The number of benzene rings is 1. The van der Waals surface area contributed by atoms with Crippen LogP contribution in [0.25, 0.3) is 6.08 Å². The third kappa shape index (κ3) is 2.88. The van der Waals surface area contributed by atoms with Crippen molar-refractivity contribution in [2.75, 3.05) is 0 Å². The molecule has 0 bridgehead atoms. The molecule has 0 amide bonds. The maximum absolute atomic E-state index is 12.7. The molecule has 0 atom stereocenters. The van der Waals surface area contributed by atoms with Crippen molar-refractivity contribution in [2.24, 2.45) is 0 Å². The lowest BCUT2D eigenvalue weighted by molar-refractivity contribution is -0.119. The smallest absolute Gasteiger partial charge is 0.189 e. The summed E-state index contributed by atoms with van der Waals surface area (Å²) < 4.78 is 12.7. The van der Waals surface area contributed by atoms with E-state index in [4.69, 9.17) is 0 Å². The monoisotopic (exact) mass is 242 g/mol. The zero-order valence-electron chi connectivity index (χ0n) is 9.60. The summed E-state index contributed by atoms with van der Waals surface area (Å²) in [5.74, 6) is -0.825. The number of halogens is 1. The van der Waals surface area contributed by atoms with Crippen molar-refractivity contribution >= 4 is 17.6 Å². The quantitative estimate of drug-likeness (QED) is 0.603. The Labute approximate surface area is 104 Å². The van der Waals surface area contributed by atoms with Crippen LogP contribution < -0.4 is 0 Å². The fraction of sp³-hybridized carbons (Fsp3) is 0.0667. The van der Waals surface area contributed by atoms with Crippen molar-refractivity contribution in [3.8, 4) is 0 Å². The van der Waals surface area contributed by atoms with E-state index in [2.05, 4.69) is 0 Å². The van der Waals surface area contributed by atoms with Crippen molar-refractivity contribution in [2.45, 2.75) is 6.42 Å². The Kier molecular flexibility index (Phi) is 3.63. The van der Waals surface area contributed by atoms with Crippen LogP contribution in [-0.2, 0) is 9.59 Å². The van der Waals surface area contributed by atoms with E-state index in [0.29, 0.717) is 5.56 Å². The number of carbonyl (C=O) groups excluding carboxylic acids is 2. The van der Waals surface area contributed by atoms with Crippen LogP contribution in [0.15, 0.2) is 54.1 Å². The molecule has 1 aromatic carbocycles. The fourth-order valence-electron chi connectivity index (χ4n) is 1.60. The van der Waals surface area contributed by atoms with Gasteiger partial charge in [-0.3, -0.25) is 9.59 Å². The number of ketones is 2. The summed E-state index contributed by atoms with van der Waals surface area (Å²) in [6.45, 7) is 0. The summed E-state index contributed by atoms with van der Waals surface area (Å²) in [6, 6.07) is 5.77. The summed E-state index contributed by atoms with van der Waals surface area (Å²) in [4.78, 5) is 23.2. The van der Waals surface area contributed by atoms with Crippen LogP contribution in [0.5, 0.6) is 0 Å². The summed E-state index contributed by atoms with van der Waals surface area (Å²) in [5, 5.41) is 0. The molecule has 0 saturated heterocycles. The minimum absolute atomic E-state index is 0.175. The summed E-state index contributed by atoms with van der Waals surface area (Å²) in [6.07, 6.45) is 8.08. The molecule has 0 aliphatic heterocycles. The van der Waals surface area contributed by atoms with Gasteiger partial charge in [0.05, 0.1) is 5.57 Å². The Morgan fingerprint density at radius 1 is 1.22 bits per heavy atom. The van der Waals surface area contributed by atoms with Crippen molar-refractivity contribution in [1.29, 1.82) is 0 Å². The Bertz CT molecular complexity index is 563. The van der Waals surface area contributed by atoms with Crippen LogP contribution in [-0.4, -0.2) is 11.6 Å². The van der Waals surface area contributed by atoms with Gasteiger partial charge in [0.2, 0.25) is 0 Å². The number of hydrogen-bond donors (Lipinski definition) is 0. The lowest BCUT2D eigenvalue weighted by atomic mass is 9.99. The van der Waals surface area contributed by atoms with Gasteiger partial charge in [-0.15, -0.1) is 0 Å². The molecule has 90 valence electrons. The van der Waals surface area contributed by atoms with Gasteiger partial charge in [0.1, 0.15) is 5.82 Å². The second kappa shape index (κ2) is 5.36. The molecule has 3 heteroatoms. The molecule has 0 heterocycles. The normalized spacial score (nSPS) is 14.9. The first kappa shape index (κ1) is 12.2. The first-order chi connectivity index (χ1) is 8.66. The van der Waals surface area contributed by atoms with Gasteiger partial charge >= 0.3 is 0 Å². The third-order valence-corrected chi connectivity index (χ3v) is 2.57. The molecule has 0 unspecified atom stereocenters. The molecule has 0 N–H and O–H groups in total. The Balaban J connectivity index is 2.12. The molecular formula is C15H11FO2. The van der Waals surface area contributed by atoms with Crippen LogP contribution in [0, 0.1) is 5.82 Å². The van der Waals surface area contributed by atoms with E-state index in [0.717, 1.165) is 0 Å². The number of allylic oxidation sites excluding steroid dienone is 5. The number of rotatable bonds is 3. The van der Waals surface area contributed by atoms with Gasteiger partial charge in [0, 0.05) is 6.42 Å². The van der Waals surface area contributed by atoms with Gasteiger partial charge in [-0.2, -0.15) is 0 Å². The summed E-state index contributed by atoms with van der Waals surface area (Å²) >= 11 is 0. The Morgan fingerprint density at radius 3 is 2.61 bits per heavy atom. The van der Waals surface area contributed by atoms with Crippen LogP contribution in [0.3, 0.4) is 0 Å². The molecule has 0 aromatic heterocycles. The Morgan fingerprint density at radius 2 is 1.94 bits per heavy atom. The topological polar surface area (TPSA) is 34.1 Å². The van der Waals surface area contributed by atoms with E-state index in [-0.39, 0.29) is 29.4 Å². The fourth-order valence-corrected chi connectivity index (χ4v) is 1.60. The average molecular weight is 242 g/mol. The molecule has 1 aliphatic carbocycles. The second-order valence-electron chi connectivity index (χ2n) is 3.88.